The summed E-state index contributed by atoms with van der Waals surface area (Å²) in [5.74, 6) is 0. The third kappa shape index (κ3) is 10.6. The first kappa shape index (κ1) is 71.5. The first-order chi connectivity index (χ1) is 62.6. The van der Waals surface area contributed by atoms with E-state index in [1.165, 1.54) is 161 Å². The summed E-state index contributed by atoms with van der Waals surface area (Å²) in [4.78, 5) is 5.23. The van der Waals surface area contributed by atoms with Crippen LogP contribution in [0.5, 0.6) is 0 Å². The Bertz CT molecular complexity index is 8360. The lowest BCUT2D eigenvalue weighted by Gasteiger charge is -2.44. The molecule has 0 saturated heterocycles. The Labute approximate surface area is 738 Å². The number of nitrogens with zero attached hydrogens (tertiary/aromatic N) is 6. The van der Waals surface area contributed by atoms with Crippen LogP contribution in [0.15, 0.2) is 456 Å². The Balaban J connectivity index is 0.593. The van der Waals surface area contributed by atoms with Crippen LogP contribution < -0.4 is 75.6 Å². The van der Waals surface area contributed by atoms with Gasteiger partial charge in [0, 0.05) is 74.0 Å². The molecule has 0 spiro atoms. The first-order valence-corrected chi connectivity index (χ1v) is 45.3. The highest BCUT2D eigenvalue weighted by atomic mass is 32.2. The molecule has 0 amide bonds. The fourth-order valence-corrected chi connectivity index (χ4v) is 24.9. The molecule has 23 aromatic rings. The number of anilines is 4. The van der Waals surface area contributed by atoms with Crippen LogP contribution in [0.2, 0.25) is 0 Å². The van der Waals surface area contributed by atoms with Crippen LogP contribution in [0.25, 0.3) is 121 Å². The quantitative estimate of drug-likeness (QED) is 0.128. The Morgan fingerprint density at radius 1 is 0.190 bits per heavy atom. The fraction of sp³-hybridized carbons (Fsp3) is 0. The van der Waals surface area contributed by atoms with E-state index >= 15 is 0 Å². The van der Waals surface area contributed by atoms with Crippen molar-refractivity contribution in [2.24, 2.45) is 0 Å². The maximum Gasteiger partial charge on any atom is 0.246 e. The van der Waals surface area contributed by atoms with Gasteiger partial charge >= 0.3 is 0 Å². The van der Waals surface area contributed by atoms with Gasteiger partial charge in [-0.25, -0.2) is 9.35 Å². The number of fused-ring (bicyclic) bond motifs is 22. The topological polar surface area (TPSA) is 26.2 Å². The summed E-state index contributed by atoms with van der Waals surface area (Å²) in [6.45, 7) is -0.485. The highest BCUT2D eigenvalue weighted by molar-refractivity contribution is 8.01. The predicted molar refractivity (Wildman–Crippen MR) is 538 cm³/mol. The molecule has 582 valence electrons. The van der Waals surface area contributed by atoms with Gasteiger partial charge in [-0.15, -0.1) is 0 Å². The molecule has 4 aliphatic heterocycles. The summed E-state index contributed by atoms with van der Waals surface area (Å²) in [5, 5.41) is 14.9. The van der Waals surface area contributed by atoms with Crippen LogP contribution in [-0.4, -0.2) is 45.3 Å². The van der Waals surface area contributed by atoms with Crippen molar-refractivity contribution in [2.75, 3.05) is 10.0 Å². The van der Waals surface area contributed by atoms with E-state index in [9.17, 15) is 0 Å². The van der Waals surface area contributed by atoms with E-state index in [2.05, 4.69) is 465 Å². The van der Waals surface area contributed by atoms with Crippen LogP contribution in [0.1, 0.15) is 0 Å². The van der Waals surface area contributed by atoms with Crippen molar-refractivity contribution >= 4 is 226 Å². The van der Waals surface area contributed by atoms with E-state index in [4.69, 9.17) is 0 Å². The zero-order valence-electron chi connectivity index (χ0n) is 68.4. The van der Waals surface area contributed by atoms with E-state index < -0.39 is 0 Å². The third-order valence-corrected chi connectivity index (χ3v) is 29.9. The molecule has 12 heteroatoms. The second-order valence-corrected chi connectivity index (χ2v) is 36.1. The summed E-state index contributed by atoms with van der Waals surface area (Å²) in [6, 6.07) is 165. The second kappa shape index (κ2) is 28.2. The molecule has 0 saturated carbocycles. The number of aromatic nitrogens is 4. The summed E-state index contributed by atoms with van der Waals surface area (Å²) >= 11 is 3.87. The Morgan fingerprint density at radius 2 is 0.595 bits per heavy atom. The Morgan fingerprint density at radius 3 is 1.16 bits per heavy atom. The van der Waals surface area contributed by atoms with E-state index in [1.807, 2.05) is 23.5 Å². The van der Waals surface area contributed by atoms with Crippen molar-refractivity contribution in [3.8, 4) is 33.6 Å². The molecule has 0 bridgehead atoms. The SMILES string of the molecule is c1ccc(B2c3ccccc3N(n3c4ccccc4c4ccccc43)c3ccc4c(c32)B(c2ccc(-c3cccc(-c5ccccc5B5c6ccccc6Sc6c5ccc5c6B(c6cccc(-n7c8ccccc8c8cc(-n9c%10ccccc%10c%10ccccc%109)ccc87)c6)c6ccccc6S5)c3)cc2)c2ccccc2N4n2c3ccccc3c3ccccc32)cc1. The Kier molecular flexibility index (Phi) is 16.0. The number of benzene rings is 19. The smallest absolute Gasteiger partial charge is 0.246 e. The average Bonchev–Trinajstić information content (AvgIpc) is 1.17. The molecule has 0 unspecified atom stereocenters. The molecule has 4 aliphatic rings. The van der Waals surface area contributed by atoms with E-state index in [0.717, 1.165) is 67.3 Å². The average molecular weight is 1630 g/mol. The third-order valence-electron chi connectivity index (χ3n) is 27.5. The first-order valence-electron chi connectivity index (χ1n) is 43.7. The van der Waals surface area contributed by atoms with Crippen LogP contribution in [0.3, 0.4) is 0 Å². The maximum absolute atomic E-state index is 2.55. The molecular formula is C114H72B4N6S2. The van der Waals surface area contributed by atoms with Crippen molar-refractivity contribution in [1.29, 1.82) is 0 Å². The number of rotatable bonds is 10. The summed E-state index contributed by atoms with van der Waals surface area (Å²) in [5.41, 5.74) is 36.4. The van der Waals surface area contributed by atoms with Gasteiger partial charge in [0.25, 0.3) is 0 Å². The molecule has 8 heterocycles. The van der Waals surface area contributed by atoms with Crippen molar-refractivity contribution in [2.45, 2.75) is 19.6 Å². The summed E-state index contributed by atoms with van der Waals surface area (Å²) in [7, 11) is 0. The largest absolute Gasteiger partial charge is 0.309 e. The number of para-hydroxylation sites is 9. The molecule has 0 fully saturated rings. The molecule has 19 aromatic carbocycles. The van der Waals surface area contributed by atoms with Crippen molar-refractivity contribution in [3.05, 3.63) is 437 Å². The van der Waals surface area contributed by atoms with E-state index in [0.29, 0.717) is 0 Å². The molecule has 0 aliphatic carbocycles. The standard InChI is InChI=1S/C114H72B4N6S2/c1-2-32-76(33-3-1)115-91-45-13-24-56-104(91)123(121-100-52-20-8-39-84(100)85-40-9-21-53-101(85)121)106-67-68-107-112(111(106)115)116(92-46-14-25-57-105(92)124(107)122-102-54-22-10-41-86(102)87-42-11-23-55-103(87)122)77-62-60-73(61-63-77)74-30-28-31-75(70-74)81-36-4-12-44-90(81)118-94-48-16-27-59-109(94)126-114-95(118)65-69-110-113(114)117(93-47-15-26-58-108(93)125-110)78-34-29-35-79(71-78)119-98-51-19-7-43-88(98)89-72-80(64-66-99(89)119)120-96-49-17-5-37-82(96)83-38-6-18-50-97(83)120/h1-72H. The number of hydrogen-bond acceptors (Lipinski definition) is 4. The van der Waals surface area contributed by atoms with E-state index in [1.54, 1.807) is 0 Å². The van der Waals surface area contributed by atoms with Gasteiger partial charge in [-0.05, 0) is 171 Å². The van der Waals surface area contributed by atoms with Crippen molar-refractivity contribution in [3.63, 3.8) is 0 Å². The van der Waals surface area contributed by atoms with Gasteiger partial charge in [-0.2, -0.15) is 0 Å². The summed E-state index contributed by atoms with van der Waals surface area (Å²) in [6.07, 6.45) is 0. The molecule has 27 rings (SSSR count). The lowest BCUT2D eigenvalue weighted by molar-refractivity contribution is 0.881. The minimum atomic E-state index is -0.210. The molecule has 6 nitrogen and oxygen atoms in total. The van der Waals surface area contributed by atoms with Gasteiger partial charge in [0.1, 0.15) is 0 Å². The van der Waals surface area contributed by atoms with Gasteiger partial charge in [-0.3, -0.25) is 10.0 Å². The van der Waals surface area contributed by atoms with E-state index in [-0.39, 0.29) is 26.9 Å². The molecular weight excluding hydrogens is 1560 g/mol. The lowest BCUT2D eigenvalue weighted by Crippen LogP contribution is -2.70. The molecule has 4 aromatic heterocycles. The lowest BCUT2D eigenvalue weighted by atomic mass is 9.26. The predicted octanol–water partition coefficient (Wildman–Crippen LogP) is 20.3. The highest BCUT2D eigenvalue weighted by Gasteiger charge is 2.47. The van der Waals surface area contributed by atoms with Crippen LogP contribution in [0.4, 0.5) is 22.7 Å². The van der Waals surface area contributed by atoms with Crippen molar-refractivity contribution in [1.82, 2.24) is 18.5 Å². The van der Waals surface area contributed by atoms with Gasteiger partial charge < -0.3 is 9.13 Å². The second-order valence-electron chi connectivity index (χ2n) is 34.0. The normalized spacial score (nSPS) is 13.2. The van der Waals surface area contributed by atoms with Gasteiger partial charge in [-0.1, -0.05) is 377 Å². The Hall–Kier alpha value is -15.1. The maximum atomic E-state index is 2.55. The van der Waals surface area contributed by atoms with Crippen LogP contribution in [-0.2, 0) is 0 Å². The molecule has 0 radical (unpaired) electrons. The fourth-order valence-electron chi connectivity index (χ4n) is 22.3. The van der Waals surface area contributed by atoms with Crippen molar-refractivity contribution < 1.29 is 0 Å². The highest BCUT2D eigenvalue weighted by Crippen LogP contribution is 2.45. The molecule has 0 atom stereocenters. The number of hydrogen-bond donors (Lipinski definition) is 0. The zero-order chi connectivity index (χ0) is 82.3. The molecule has 126 heavy (non-hydrogen) atoms. The van der Waals surface area contributed by atoms with Gasteiger partial charge in [0.05, 0.1) is 66.9 Å². The minimum Gasteiger partial charge on any atom is -0.309 e. The van der Waals surface area contributed by atoms with Gasteiger partial charge in [0.15, 0.2) is 0 Å². The molecule has 0 N–H and O–H groups in total. The van der Waals surface area contributed by atoms with Crippen LogP contribution in [0, 0.1) is 0 Å². The van der Waals surface area contributed by atoms with Crippen LogP contribution >= 0.6 is 23.5 Å². The minimum absolute atomic E-state index is 0.0561. The zero-order valence-corrected chi connectivity index (χ0v) is 70.0. The summed E-state index contributed by atoms with van der Waals surface area (Å²) < 4.78 is 9.93. The van der Waals surface area contributed by atoms with Gasteiger partial charge in [0.2, 0.25) is 26.9 Å². The monoisotopic (exact) mass is 1630 g/mol.